The summed E-state index contributed by atoms with van der Waals surface area (Å²) in [6, 6.07) is 3.20. The molecule has 5 heteroatoms. The number of hydrogen-bond donors (Lipinski definition) is 0. The van der Waals surface area contributed by atoms with Gasteiger partial charge in [-0.05, 0) is 19.1 Å². The summed E-state index contributed by atoms with van der Waals surface area (Å²) in [6.45, 7) is 1.72. The summed E-state index contributed by atoms with van der Waals surface area (Å²) < 4.78 is 0. The molecule has 0 aromatic carbocycles. The van der Waals surface area contributed by atoms with Crippen LogP contribution in [-0.2, 0) is 4.84 Å². The highest BCUT2D eigenvalue weighted by molar-refractivity contribution is 6.29. The van der Waals surface area contributed by atoms with E-state index in [1.807, 2.05) is 0 Å². The van der Waals surface area contributed by atoms with E-state index in [9.17, 15) is 4.79 Å². The molecule has 1 aromatic heterocycles. The predicted molar refractivity (Wildman–Crippen MR) is 53.1 cm³/mol. The number of aryl methyl sites for hydroxylation is 1. The van der Waals surface area contributed by atoms with E-state index in [0.717, 1.165) is 5.06 Å². The van der Waals surface area contributed by atoms with Gasteiger partial charge in [-0.3, -0.25) is 9.63 Å². The van der Waals surface area contributed by atoms with Gasteiger partial charge in [-0.25, -0.2) is 10.0 Å². The normalized spacial score (nSPS) is 10.0. The van der Waals surface area contributed by atoms with E-state index in [1.165, 1.54) is 14.2 Å². The second-order valence-corrected chi connectivity index (χ2v) is 3.14. The van der Waals surface area contributed by atoms with Crippen molar-refractivity contribution >= 4 is 17.5 Å². The molecular formula is C9H11ClN2O2. The second kappa shape index (κ2) is 4.39. The number of hydroxylamine groups is 2. The molecule has 14 heavy (non-hydrogen) atoms. The van der Waals surface area contributed by atoms with Gasteiger partial charge in [0, 0.05) is 7.05 Å². The second-order valence-electron chi connectivity index (χ2n) is 2.75. The Balaban J connectivity index is 3.02. The number of hydrogen-bond acceptors (Lipinski definition) is 3. The van der Waals surface area contributed by atoms with Crippen LogP contribution in [0.4, 0.5) is 0 Å². The molecule has 0 aliphatic carbocycles. The van der Waals surface area contributed by atoms with Gasteiger partial charge >= 0.3 is 0 Å². The van der Waals surface area contributed by atoms with Crippen LogP contribution in [0.2, 0.25) is 5.15 Å². The molecule has 0 saturated heterocycles. The number of aromatic nitrogens is 1. The SMILES string of the molecule is CON(C)C(=O)c1ccc(Cl)nc1C. The van der Waals surface area contributed by atoms with Crippen molar-refractivity contribution in [2.75, 3.05) is 14.2 Å². The topological polar surface area (TPSA) is 42.4 Å². The molecule has 0 atom stereocenters. The average molecular weight is 215 g/mol. The zero-order valence-electron chi connectivity index (χ0n) is 8.24. The Morgan fingerprint density at radius 2 is 2.21 bits per heavy atom. The lowest BCUT2D eigenvalue weighted by Crippen LogP contribution is -2.26. The lowest BCUT2D eigenvalue weighted by molar-refractivity contribution is -0.0757. The number of amides is 1. The minimum Gasteiger partial charge on any atom is -0.274 e. The van der Waals surface area contributed by atoms with Crippen LogP contribution in [0.1, 0.15) is 16.1 Å². The van der Waals surface area contributed by atoms with E-state index in [4.69, 9.17) is 16.4 Å². The van der Waals surface area contributed by atoms with Crippen molar-refractivity contribution < 1.29 is 9.63 Å². The molecule has 0 radical (unpaired) electrons. The molecule has 1 heterocycles. The summed E-state index contributed by atoms with van der Waals surface area (Å²) in [5.41, 5.74) is 1.07. The summed E-state index contributed by atoms with van der Waals surface area (Å²) in [6.07, 6.45) is 0. The largest absolute Gasteiger partial charge is 0.278 e. The van der Waals surface area contributed by atoms with E-state index in [-0.39, 0.29) is 5.91 Å². The minimum atomic E-state index is -0.242. The lowest BCUT2D eigenvalue weighted by Gasteiger charge is -2.14. The number of pyridine rings is 1. The van der Waals surface area contributed by atoms with Crippen LogP contribution in [0.25, 0.3) is 0 Å². The fourth-order valence-electron chi connectivity index (χ4n) is 1.01. The Hall–Kier alpha value is -1.13. The van der Waals surface area contributed by atoms with Gasteiger partial charge < -0.3 is 0 Å². The maximum absolute atomic E-state index is 11.6. The Bertz CT molecular complexity index is 355. The van der Waals surface area contributed by atoms with E-state index < -0.39 is 0 Å². The molecule has 1 rings (SSSR count). The van der Waals surface area contributed by atoms with Gasteiger partial charge in [-0.2, -0.15) is 0 Å². The highest BCUT2D eigenvalue weighted by atomic mass is 35.5. The average Bonchev–Trinajstić information content (AvgIpc) is 2.15. The zero-order chi connectivity index (χ0) is 10.7. The molecule has 0 N–H and O–H groups in total. The predicted octanol–water partition coefficient (Wildman–Crippen LogP) is 1.68. The standard InChI is InChI=1S/C9H11ClN2O2/c1-6-7(4-5-8(10)11-6)9(13)12(2)14-3/h4-5H,1-3H3. The summed E-state index contributed by atoms with van der Waals surface area (Å²) in [5.74, 6) is -0.242. The quantitative estimate of drug-likeness (QED) is 0.556. The van der Waals surface area contributed by atoms with Crippen LogP contribution in [0.15, 0.2) is 12.1 Å². The summed E-state index contributed by atoms with van der Waals surface area (Å²) >= 11 is 5.67. The third-order valence-electron chi connectivity index (χ3n) is 1.84. The number of nitrogens with zero attached hydrogens (tertiary/aromatic N) is 2. The van der Waals surface area contributed by atoms with Gasteiger partial charge in [-0.1, -0.05) is 11.6 Å². The van der Waals surface area contributed by atoms with Crippen LogP contribution in [0.5, 0.6) is 0 Å². The van der Waals surface area contributed by atoms with Gasteiger partial charge in [0.05, 0.1) is 18.4 Å². The first-order valence-electron chi connectivity index (χ1n) is 4.01. The lowest BCUT2D eigenvalue weighted by atomic mass is 10.2. The monoisotopic (exact) mass is 214 g/mol. The van der Waals surface area contributed by atoms with Gasteiger partial charge in [0.1, 0.15) is 5.15 Å². The maximum Gasteiger partial charge on any atom is 0.278 e. The summed E-state index contributed by atoms with van der Waals surface area (Å²) in [5, 5.41) is 1.51. The Morgan fingerprint density at radius 1 is 1.57 bits per heavy atom. The first-order chi connectivity index (χ1) is 6.56. The molecule has 1 amide bonds. The molecule has 0 spiro atoms. The summed E-state index contributed by atoms with van der Waals surface area (Å²) in [4.78, 5) is 20.4. The Kier molecular flexibility index (Phi) is 3.43. The first-order valence-corrected chi connectivity index (χ1v) is 4.39. The number of halogens is 1. The van der Waals surface area contributed by atoms with Gasteiger partial charge in [0.2, 0.25) is 0 Å². The van der Waals surface area contributed by atoms with Crippen molar-refractivity contribution in [1.29, 1.82) is 0 Å². The smallest absolute Gasteiger partial charge is 0.274 e. The van der Waals surface area contributed by atoms with Gasteiger partial charge in [0.15, 0.2) is 0 Å². The van der Waals surface area contributed by atoms with E-state index in [1.54, 1.807) is 19.1 Å². The summed E-state index contributed by atoms with van der Waals surface area (Å²) in [7, 11) is 2.97. The van der Waals surface area contributed by atoms with Crippen LogP contribution in [0.3, 0.4) is 0 Å². The van der Waals surface area contributed by atoms with Gasteiger partial charge in [0.25, 0.3) is 5.91 Å². The van der Waals surface area contributed by atoms with E-state index in [0.29, 0.717) is 16.4 Å². The van der Waals surface area contributed by atoms with Crippen LogP contribution < -0.4 is 0 Å². The van der Waals surface area contributed by atoms with Crippen molar-refractivity contribution in [3.63, 3.8) is 0 Å². The van der Waals surface area contributed by atoms with Crippen molar-refractivity contribution in [1.82, 2.24) is 10.0 Å². The maximum atomic E-state index is 11.6. The van der Waals surface area contributed by atoms with Crippen molar-refractivity contribution in [2.24, 2.45) is 0 Å². The number of carbonyl (C=O) groups excluding carboxylic acids is 1. The molecule has 0 aliphatic rings. The molecule has 0 bridgehead atoms. The molecule has 0 saturated carbocycles. The fraction of sp³-hybridized carbons (Fsp3) is 0.333. The molecule has 0 aliphatic heterocycles. The number of rotatable bonds is 2. The third-order valence-corrected chi connectivity index (χ3v) is 2.05. The Labute approximate surface area is 87.4 Å². The molecular weight excluding hydrogens is 204 g/mol. The third kappa shape index (κ3) is 2.21. The van der Waals surface area contributed by atoms with Crippen molar-refractivity contribution in [3.05, 3.63) is 28.5 Å². The van der Waals surface area contributed by atoms with E-state index in [2.05, 4.69) is 4.98 Å². The van der Waals surface area contributed by atoms with Crippen LogP contribution in [-0.4, -0.2) is 30.1 Å². The Morgan fingerprint density at radius 3 is 2.71 bits per heavy atom. The molecule has 0 unspecified atom stereocenters. The molecule has 4 nitrogen and oxygen atoms in total. The van der Waals surface area contributed by atoms with Crippen LogP contribution >= 0.6 is 11.6 Å². The molecule has 1 aromatic rings. The molecule has 76 valence electrons. The zero-order valence-corrected chi connectivity index (χ0v) is 9.00. The molecule has 0 fully saturated rings. The van der Waals surface area contributed by atoms with Crippen molar-refractivity contribution in [2.45, 2.75) is 6.92 Å². The first kappa shape index (κ1) is 10.9. The van der Waals surface area contributed by atoms with Crippen LogP contribution in [0, 0.1) is 6.92 Å². The highest BCUT2D eigenvalue weighted by Crippen LogP contribution is 2.12. The van der Waals surface area contributed by atoms with E-state index >= 15 is 0 Å². The van der Waals surface area contributed by atoms with Crippen molar-refractivity contribution in [3.8, 4) is 0 Å². The minimum absolute atomic E-state index is 0.242. The highest BCUT2D eigenvalue weighted by Gasteiger charge is 2.14. The van der Waals surface area contributed by atoms with Gasteiger partial charge in [-0.15, -0.1) is 0 Å². The number of carbonyl (C=O) groups is 1. The fourth-order valence-corrected chi connectivity index (χ4v) is 1.20.